The predicted molar refractivity (Wildman–Crippen MR) is 104 cm³/mol. The number of nitrogens with one attached hydrogen (secondary N) is 2. The van der Waals surface area contributed by atoms with Crippen LogP contribution in [0.15, 0.2) is 40.5 Å². The number of carbonyl (C=O) groups is 1. The summed E-state index contributed by atoms with van der Waals surface area (Å²) in [6, 6.07) is 6.67. The van der Waals surface area contributed by atoms with Crippen LogP contribution in [-0.2, 0) is 14.6 Å². The summed E-state index contributed by atoms with van der Waals surface area (Å²) in [5, 5.41) is 14.8. The van der Waals surface area contributed by atoms with Crippen molar-refractivity contribution in [3.63, 3.8) is 0 Å². The van der Waals surface area contributed by atoms with Crippen LogP contribution in [0.3, 0.4) is 0 Å². The molecule has 2 rings (SSSR count). The Balaban J connectivity index is 2.54. The number of rotatable bonds is 5. The number of allylic oxidation sites excluding steroid dienone is 2. The summed E-state index contributed by atoms with van der Waals surface area (Å²) in [5.41, 5.74) is 1.64. The van der Waals surface area contributed by atoms with Gasteiger partial charge in [0.1, 0.15) is 5.70 Å². The van der Waals surface area contributed by atoms with Gasteiger partial charge in [-0.25, -0.2) is 13.4 Å². The Morgan fingerprint density at radius 1 is 1.27 bits per heavy atom. The molecule has 0 fully saturated rings. The number of nitrogens with zero attached hydrogens (tertiary/aromatic N) is 1. The van der Waals surface area contributed by atoms with Crippen molar-refractivity contribution >= 4 is 43.7 Å². The van der Waals surface area contributed by atoms with Crippen LogP contribution >= 0.6 is 11.6 Å². The first-order valence-corrected chi connectivity index (χ1v) is 10.0. The molecule has 1 aliphatic heterocycles. The minimum absolute atomic E-state index is 0.0531. The summed E-state index contributed by atoms with van der Waals surface area (Å²) < 4.78 is 24.4. The van der Waals surface area contributed by atoms with Crippen molar-refractivity contribution in [3.8, 4) is 0 Å². The second-order valence-electron chi connectivity index (χ2n) is 6.18. The molecule has 2 N–H and O–H groups in total. The van der Waals surface area contributed by atoms with Gasteiger partial charge < -0.3 is 5.41 Å². The first kappa shape index (κ1) is 20.2. The maximum Gasteiger partial charge on any atom is 0.240 e. The zero-order valence-corrected chi connectivity index (χ0v) is 16.3. The van der Waals surface area contributed by atoms with E-state index in [0.717, 1.165) is 0 Å². The summed E-state index contributed by atoms with van der Waals surface area (Å²) in [7, 11) is -4.00. The van der Waals surface area contributed by atoms with Gasteiger partial charge in [0.05, 0.1) is 16.7 Å². The van der Waals surface area contributed by atoms with E-state index in [4.69, 9.17) is 22.4 Å². The van der Waals surface area contributed by atoms with Gasteiger partial charge in [-0.3, -0.25) is 10.2 Å². The standard InChI is InChI=1S/C18H20ClN3O3S/c1-4-11-9-14(20)15(12-5-7-13(19)8-6-12)22-16(11)17(23)18(21)26(24,25)10(2)3/h5-8,10,20-21H,4,9H2,1-3H3. The van der Waals surface area contributed by atoms with Crippen molar-refractivity contribution < 1.29 is 13.2 Å². The highest BCUT2D eigenvalue weighted by Gasteiger charge is 2.33. The first-order valence-electron chi connectivity index (χ1n) is 8.11. The highest BCUT2D eigenvalue weighted by molar-refractivity contribution is 8.08. The number of hydrogen-bond acceptors (Lipinski definition) is 6. The Kier molecular flexibility index (Phi) is 5.93. The number of Topliss-reactive ketones (excluding diaryl/α,β-unsaturated/α-hetero) is 1. The molecular formula is C18H20ClN3O3S. The number of sulfone groups is 1. The molecule has 0 saturated heterocycles. The van der Waals surface area contributed by atoms with Crippen LogP contribution in [0.25, 0.3) is 0 Å². The summed E-state index contributed by atoms with van der Waals surface area (Å²) in [4.78, 5) is 17.0. The second-order valence-corrected chi connectivity index (χ2v) is 9.06. The smallest absolute Gasteiger partial charge is 0.240 e. The second kappa shape index (κ2) is 7.63. The van der Waals surface area contributed by atoms with Crippen LogP contribution in [-0.4, -0.2) is 35.9 Å². The summed E-state index contributed by atoms with van der Waals surface area (Å²) in [6.07, 6.45) is 0.629. The van der Waals surface area contributed by atoms with E-state index in [0.29, 0.717) is 22.6 Å². The van der Waals surface area contributed by atoms with Gasteiger partial charge in [-0.1, -0.05) is 30.7 Å². The van der Waals surface area contributed by atoms with Crippen molar-refractivity contribution in [2.24, 2.45) is 4.99 Å². The monoisotopic (exact) mass is 393 g/mol. The highest BCUT2D eigenvalue weighted by Crippen LogP contribution is 2.25. The molecule has 0 spiro atoms. The van der Waals surface area contributed by atoms with Gasteiger partial charge in [0.25, 0.3) is 0 Å². The molecule has 1 aromatic rings. The van der Waals surface area contributed by atoms with Crippen LogP contribution in [0.1, 0.15) is 39.2 Å². The van der Waals surface area contributed by atoms with Gasteiger partial charge in [-0.05, 0) is 38.0 Å². The van der Waals surface area contributed by atoms with Crippen LogP contribution in [0.4, 0.5) is 0 Å². The third-order valence-corrected chi connectivity index (χ3v) is 6.35. The van der Waals surface area contributed by atoms with Crippen molar-refractivity contribution in [1.82, 2.24) is 0 Å². The fourth-order valence-corrected chi connectivity index (χ4v) is 3.41. The molecule has 8 heteroatoms. The van der Waals surface area contributed by atoms with E-state index in [2.05, 4.69) is 4.99 Å². The minimum atomic E-state index is -4.00. The number of benzene rings is 1. The number of ketones is 1. The lowest BCUT2D eigenvalue weighted by atomic mass is 9.93. The average molecular weight is 394 g/mol. The molecule has 0 aliphatic carbocycles. The van der Waals surface area contributed by atoms with E-state index in [1.54, 1.807) is 31.2 Å². The predicted octanol–water partition coefficient (Wildman–Crippen LogP) is 3.59. The molecule has 1 heterocycles. The Hall–Kier alpha value is -2.12. The van der Waals surface area contributed by atoms with Crippen molar-refractivity contribution in [2.75, 3.05) is 0 Å². The Morgan fingerprint density at radius 3 is 2.35 bits per heavy atom. The molecule has 6 nitrogen and oxygen atoms in total. The normalized spacial score (nSPS) is 15.3. The average Bonchev–Trinajstić information content (AvgIpc) is 2.60. The largest absolute Gasteiger partial charge is 0.303 e. The van der Waals surface area contributed by atoms with Crippen LogP contribution in [0, 0.1) is 10.8 Å². The Bertz CT molecular complexity index is 942. The van der Waals surface area contributed by atoms with Gasteiger partial charge in [0.15, 0.2) is 5.04 Å². The van der Waals surface area contributed by atoms with Crippen LogP contribution in [0.5, 0.6) is 0 Å². The molecule has 0 aromatic heterocycles. The summed E-state index contributed by atoms with van der Waals surface area (Å²) in [6.45, 7) is 4.65. The van der Waals surface area contributed by atoms with Gasteiger partial charge >= 0.3 is 0 Å². The fraction of sp³-hybridized carbons (Fsp3) is 0.333. The molecular weight excluding hydrogens is 374 g/mol. The molecule has 0 atom stereocenters. The zero-order chi connectivity index (χ0) is 19.6. The number of halogens is 1. The quantitative estimate of drug-likeness (QED) is 0.588. The van der Waals surface area contributed by atoms with Crippen molar-refractivity contribution in [3.05, 3.63) is 46.1 Å². The van der Waals surface area contributed by atoms with Gasteiger partial charge in [0, 0.05) is 17.0 Å². The molecule has 0 saturated carbocycles. The number of carbonyl (C=O) groups excluding carboxylic acids is 1. The maximum atomic E-state index is 12.7. The third kappa shape index (κ3) is 3.83. The van der Waals surface area contributed by atoms with Crippen LogP contribution < -0.4 is 0 Å². The molecule has 1 aliphatic rings. The lowest BCUT2D eigenvalue weighted by Gasteiger charge is -2.19. The molecule has 0 radical (unpaired) electrons. The lowest BCUT2D eigenvalue weighted by Crippen LogP contribution is -2.32. The molecule has 26 heavy (non-hydrogen) atoms. The summed E-state index contributed by atoms with van der Waals surface area (Å²) >= 11 is 5.88. The van der Waals surface area contributed by atoms with E-state index < -0.39 is 25.9 Å². The molecule has 1 aromatic carbocycles. The van der Waals surface area contributed by atoms with Crippen LogP contribution in [0.2, 0.25) is 5.02 Å². The van der Waals surface area contributed by atoms with E-state index in [1.165, 1.54) is 13.8 Å². The SMILES string of the molecule is CCC1=C(C(=O)C(=N)S(=O)(=O)C(C)C)N=C(c2ccc(Cl)cc2)C(=N)C1. The summed E-state index contributed by atoms with van der Waals surface area (Å²) in [5.74, 6) is -0.922. The molecule has 138 valence electrons. The van der Waals surface area contributed by atoms with Gasteiger partial charge in [-0.15, -0.1) is 0 Å². The minimum Gasteiger partial charge on any atom is -0.303 e. The number of hydrogen-bond donors (Lipinski definition) is 2. The number of aliphatic imine (C=N–C) groups is 1. The topological polar surface area (TPSA) is 111 Å². The lowest BCUT2D eigenvalue weighted by molar-refractivity contribution is -0.109. The van der Waals surface area contributed by atoms with E-state index in [9.17, 15) is 13.2 Å². The van der Waals surface area contributed by atoms with E-state index >= 15 is 0 Å². The molecule has 0 bridgehead atoms. The fourth-order valence-electron chi connectivity index (χ4n) is 2.46. The molecule has 0 amide bonds. The molecule has 0 unspecified atom stereocenters. The van der Waals surface area contributed by atoms with E-state index in [-0.39, 0.29) is 23.5 Å². The first-order chi connectivity index (χ1) is 12.1. The Labute approximate surface area is 157 Å². The van der Waals surface area contributed by atoms with E-state index in [1.807, 2.05) is 0 Å². The maximum absolute atomic E-state index is 12.7. The highest BCUT2D eigenvalue weighted by atomic mass is 35.5. The third-order valence-electron chi connectivity index (χ3n) is 4.11. The zero-order valence-electron chi connectivity index (χ0n) is 14.8. The van der Waals surface area contributed by atoms with Crippen molar-refractivity contribution in [1.29, 1.82) is 10.8 Å². The van der Waals surface area contributed by atoms with Gasteiger partial charge in [0.2, 0.25) is 15.6 Å². The van der Waals surface area contributed by atoms with Crippen molar-refractivity contribution in [2.45, 2.75) is 38.9 Å². The Morgan fingerprint density at radius 2 is 1.85 bits per heavy atom. The van der Waals surface area contributed by atoms with Gasteiger partial charge in [-0.2, -0.15) is 0 Å².